The fourth-order valence-electron chi connectivity index (χ4n) is 2.74. The van der Waals surface area contributed by atoms with Gasteiger partial charge in [-0.05, 0) is 30.6 Å². The Bertz CT molecular complexity index is 178. The Labute approximate surface area is 109 Å². The fourth-order valence-corrected chi connectivity index (χ4v) is 2.74. The molecule has 0 bridgehead atoms. The van der Waals surface area contributed by atoms with E-state index in [1.54, 1.807) is 0 Å². The molecule has 0 amide bonds. The van der Waals surface area contributed by atoms with Crippen molar-refractivity contribution < 1.29 is 5.11 Å². The molecule has 1 N–H and O–H groups in total. The van der Waals surface area contributed by atoms with E-state index in [1.807, 2.05) is 0 Å². The highest BCUT2D eigenvalue weighted by Crippen LogP contribution is 2.38. The highest BCUT2D eigenvalue weighted by Gasteiger charge is 2.34. The van der Waals surface area contributed by atoms with Crippen molar-refractivity contribution >= 4 is 0 Å². The van der Waals surface area contributed by atoms with Gasteiger partial charge in [0.1, 0.15) is 0 Å². The lowest BCUT2D eigenvalue weighted by molar-refractivity contribution is -0.0228. The molecule has 0 aromatic carbocycles. The van der Waals surface area contributed by atoms with Gasteiger partial charge in [-0.1, -0.05) is 66.7 Å². The van der Waals surface area contributed by atoms with Crippen LogP contribution in [0.5, 0.6) is 0 Å². The Morgan fingerprint density at radius 2 is 1.59 bits per heavy atom. The standard InChI is InChI=1S/C16H34O/c1-6-10-12-14(8-3)15(17)16(5,9-4)13-11-7-2/h14-15,17H,6-13H2,1-5H3. The summed E-state index contributed by atoms with van der Waals surface area (Å²) in [7, 11) is 0. The molecular weight excluding hydrogens is 208 g/mol. The fraction of sp³-hybridized carbons (Fsp3) is 1.00. The Balaban J connectivity index is 4.50. The van der Waals surface area contributed by atoms with E-state index in [4.69, 9.17) is 0 Å². The first-order valence-electron chi connectivity index (χ1n) is 7.73. The van der Waals surface area contributed by atoms with Crippen LogP contribution in [0.25, 0.3) is 0 Å². The zero-order chi connectivity index (χ0) is 13.3. The largest absolute Gasteiger partial charge is 0.392 e. The zero-order valence-electron chi connectivity index (χ0n) is 12.8. The van der Waals surface area contributed by atoms with Gasteiger partial charge in [-0.25, -0.2) is 0 Å². The zero-order valence-corrected chi connectivity index (χ0v) is 12.8. The normalized spacial score (nSPS) is 18.7. The van der Waals surface area contributed by atoms with Crippen LogP contribution in [0.3, 0.4) is 0 Å². The minimum Gasteiger partial charge on any atom is -0.392 e. The lowest BCUT2D eigenvalue weighted by Crippen LogP contribution is -2.37. The first kappa shape index (κ1) is 17.0. The molecule has 0 aliphatic carbocycles. The number of aliphatic hydroxyl groups excluding tert-OH is 1. The molecule has 3 atom stereocenters. The predicted molar refractivity (Wildman–Crippen MR) is 77.2 cm³/mol. The van der Waals surface area contributed by atoms with Gasteiger partial charge in [-0.3, -0.25) is 0 Å². The molecule has 0 spiro atoms. The lowest BCUT2D eigenvalue weighted by Gasteiger charge is -2.38. The van der Waals surface area contributed by atoms with Crippen LogP contribution >= 0.6 is 0 Å². The van der Waals surface area contributed by atoms with Crippen molar-refractivity contribution in [1.29, 1.82) is 0 Å². The summed E-state index contributed by atoms with van der Waals surface area (Å²) in [6.45, 7) is 11.2. The van der Waals surface area contributed by atoms with Crippen molar-refractivity contribution in [3.63, 3.8) is 0 Å². The van der Waals surface area contributed by atoms with Gasteiger partial charge >= 0.3 is 0 Å². The highest BCUT2D eigenvalue weighted by atomic mass is 16.3. The van der Waals surface area contributed by atoms with Gasteiger partial charge in [0, 0.05) is 0 Å². The number of aliphatic hydroxyl groups is 1. The van der Waals surface area contributed by atoms with Gasteiger partial charge in [-0.15, -0.1) is 0 Å². The van der Waals surface area contributed by atoms with E-state index < -0.39 is 0 Å². The molecule has 0 aromatic rings. The van der Waals surface area contributed by atoms with E-state index in [2.05, 4.69) is 34.6 Å². The molecule has 0 aromatic heterocycles. The molecule has 0 saturated heterocycles. The summed E-state index contributed by atoms with van der Waals surface area (Å²) in [5.74, 6) is 0.497. The minimum absolute atomic E-state index is 0.115. The maximum Gasteiger partial charge on any atom is 0.0621 e. The summed E-state index contributed by atoms with van der Waals surface area (Å²) in [4.78, 5) is 0. The monoisotopic (exact) mass is 242 g/mol. The Morgan fingerprint density at radius 1 is 1.00 bits per heavy atom. The molecule has 0 radical (unpaired) electrons. The molecule has 3 unspecified atom stereocenters. The van der Waals surface area contributed by atoms with Gasteiger partial charge in [-0.2, -0.15) is 0 Å². The third kappa shape index (κ3) is 5.42. The van der Waals surface area contributed by atoms with E-state index in [1.165, 1.54) is 38.5 Å². The summed E-state index contributed by atoms with van der Waals surface area (Å²) in [6, 6.07) is 0. The van der Waals surface area contributed by atoms with Crippen molar-refractivity contribution in [3.05, 3.63) is 0 Å². The maximum atomic E-state index is 10.7. The number of hydrogen-bond acceptors (Lipinski definition) is 1. The molecule has 0 heterocycles. The third-order valence-electron chi connectivity index (χ3n) is 4.52. The minimum atomic E-state index is -0.115. The van der Waals surface area contributed by atoms with Crippen molar-refractivity contribution in [2.45, 2.75) is 92.1 Å². The van der Waals surface area contributed by atoms with E-state index in [0.717, 1.165) is 12.8 Å². The molecule has 17 heavy (non-hydrogen) atoms. The topological polar surface area (TPSA) is 20.2 Å². The van der Waals surface area contributed by atoms with Gasteiger partial charge in [0.25, 0.3) is 0 Å². The first-order chi connectivity index (χ1) is 8.05. The average Bonchev–Trinajstić information content (AvgIpc) is 2.36. The number of hydrogen-bond donors (Lipinski definition) is 1. The second-order valence-electron chi connectivity index (χ2n) is 5.87. The van der Waals surface area contributed by atoms with Crippen LogP contribution in [0.15, 0.2) is 0 Å². The molecule has 1 heteroatoms. The van der Waals surface area contributed by atoms with Crippen molar-refractivity contribution in [1.82, 2.24) is 0 Å². The molecular formula is C16H34O. The van der Waals surface area contributed by atoms with Crippen LogP contribution in [0.1, 0.15) is 86.0 Å². The molecule has 104 valence electrons. The molecule has 0 rings (SSSR count). The van der Waals surface area contributed by atoms with E-state index in [9.17, 15) is 5.11 Å². The van der Waals surface area contributed by atoms with Gasteiger partial charge in [0.15, 0.2) is 0 Å². The van der Waals surface area contributed by atoms with Crippen LogP contribution < -0.4 is 0 Å². The van der Waals surface area contributed by atoms with Crippen molar-refractivity contribution in [2.24, 2.45) is 11.3 Å². The summed E-state index contributed by atoms with van der Waals surface area (Å²) in [5, 5.41) is 10.7. The summed E-state index contributed by atoms with van der Waals surface area (Å²) < 4.78 is 0. The second kappa shape index (κ2) is 8.97. The van der Waals surface area contributed by atoms with Crippen LogP contribution in [0.2, 0.25) is 0 Å². The Morgan fingerprint density at radius 3 is 2.00 bits per heavy atom. The van der Waals surface area contributed by atoms with Crippen LogP contribution in [0, 0.1) is 11.3 Å². The first-order valence-corrected chi connectivity index (χ1v) is 7.73. The maximum absolute atomic E-state index is 10.7. The van der Waals surface area contributed by atoms with Crippen molar-refractivity contribution in [3.8, 4) is 0 Å². The van der Waals surface area contributed by atoms with Gasteiger partial charge in [0.05, 0.1) is 6.10 Å². The van der Waals surface area contributed by atoms with Gasteiger partial charge in [0.2, 0.25) is 0 Å². The van der Waals surface area contributed by atoms with Crippen molar-refractivity contribution in [2.75, 3.05) is 0 Å². The van der Waals surface area contributed by atoms with E-state index in [0.29, 0.717) is 5.92 Å². The summed E-state index contributed by atoms with van der Waals surface area (Å²) >= 11 is 0. The number of unbranched alkanes of at least 4 members (excludes halogenated alkanes) is 2. The predicted octanol–water partition coefficient (Wildman–Crippen LogP) is 5.17. The SMILES string of the molecule is CCCCC(CC)C(O)C(C)(CC)CCCC. The average molecular weight is 242 g/mol. The molecule has 0 aliphatic rings. The summed E-state index contributed by atoms with van der Waals surface area (Å²) in [5.41, 5.74) is 0.129. The highest BCUT2D eigenvalue weighted by molar-refractivity contribution is 4.85. The van der Waals surface area contributed by atoms with Crippen LogP contribution in [-0.2, 0) is 0 Å². The lowest BCUT2D eigenvalue weighted by atomic mass is 9.71. The second-order valence-corrected chi connectivity index (χ2v) is 5.87. The molecule has 1 nitrogen and oxygen atoms in total. The molecule has 0 fully saturated rings. The smallest absolute Gasteiger partial charge is 0.0621 e. The van der Waals surface area contributed by atoms with Gasteiger partial charge < -0.3 is 5.11 Å². The number of rotatable bonds is 10. The van der Waals surface area contributed by atoms with E-state index in [-0.39, 0.29) is 11.5 Å². The van der Waals surface area contributed by atoms with E-state index >= 15 is 0 Å². The Kier molecular flexibility index (Phi) is 8.94. The summed E-state index contributed by atoms with van der Waals surface area (Å²) in [6.07, 6.45) is 9.42. The van der Waals surface area contributed by atoms with Crippen LogP contribution in [0.4, 0.5) is 0 Å². The molecule has 0 aliphatic heterocycles. The quantitative estimate of drug-likeness (QED) is 0.560. The third-order valence-corrected chi connectivity index (χ3v) is 4.52. The molecule has 0 saturated carbocycles. The Hall–Kier alpha value is -0.0400. The van der Waals surface area contributed by atoms with Crippen LogP contribution in [-0.4, -0.2) is 11.2 Å².